The van der Waals surface area contributed by atoms with Gasteiger partial charge in [0, 0.05) is 25.6 Å². The molecule has 0 unspecified atom stereocenters. The number of carbonyl (C=O) groups is 4. The number of para-hydroxylation sites is 1. The molecule has 9 nitrogen and oxygen atoms in total. The highest BCUT2D eigenvalue weighted by Crippen LogP contribution is 2.35. The lowest BCUT2D eigenvalue weighted by Gasteiger charge is -2.38. The third-order valence-electron chi connectivity index (χ3n) is 9.75. The molecule has 3 aliphatic rings. The molecule has 2 aliphatic heterocycles. The number of hydrogen-bond acceptors (Lipinski definition) is 5. The van der Waals surface area contributed by atoms with Crippen molar-refractivity contribution in [2.24, 2.45) is 0 Å². The van der Waals surface area contributed by atoms with Crippen LogP contribution in [0.4, 0.5) is 10.5 Å². The van der Waals surface area contributed by atoms with Gasteiger partial charge in [-0.3, -0.25) is 19.3 Å². The number of benzene rings is 3. The van der Waals surface area contributed by atoms with E-state index >= 15 is 0 Å². The Labute approximate surface area is 276 Å². The van der Waals surface area contributed by atoms with Gasteiger partial charge in [0.05, 0.1) is 18.7 Å². The van der Waals surface area contributed by atoms with Crippen molar-refractivity contribution in [2.45, 2.75) is 89.4 Å². The van der Waals surface area contributed by atoms with E-state index in [-0.39, 0.29) is 44.0 Å². The van der Waals surface area contributed by atoms with Crippen LogP contribution in [0.15, 0.2) is 72.8 Å². The number of anilines is 1. The lowest BCUT2D eigenvalue weighted by Crippen LogP contribution is -2.54. The summed E-state index contributed by atoms with van der Waals surface area (Å²) < 4.78 is 5.98. The zero-order valence-corrected chi connectivity index (χ0v) is 27.0. The first-order chi connectivity index (χ1) is 22.8. The minimum atomic E-state index is -0.976. The molecule has 0 bridgehead atoms. The van der Waals surface area contributed by atoms with E-state index in [1.54, 1.807) is 9.80 Å². The van der Waals surface area contributed by atoms with Crippen molar-refractivity contribution in [2.75, 3.05) is 18.0 Å². The zero-order chi connectivity index (χ0) is 32.9. The summed E-state index contributed by atoms with van der Waals surface area (Å²) in [5.74, 6) is -1.61. The van der Waals surface area contributed by atoms with Gasteiger partial charge in [-0.05, 0) is 73.8 Å². The van der Waals surface area contributed by atoms with Gasteiger partial charge in [0.1, 0.15) is 12.1 Å². The number of hydrogen-bond donors (Lipinski definition) is 1. The number of aryl methyl sites for hydroxylation is 1. The highest BCUT2D eigenvalue weighted by molar-refractivity contribution is 6.01. The summed E-state index contributed by atoms with van der Waals surface area (Å²) >= 11 is 0. The highest BCUT2D eigenvalue weighted by atomic mass is 16.6. The van der Waals surface area contributed by atoms with Crippen molar-refractivity contribution in [3.05, 3.63) is 101 Å². The zero-order valence-electron chi connectivity index (χ0n) is 27.0. The predicted octanol–water partition coefficient (Wildman–Crippen LogP) is 5.69. The molecule has 246 valence electrons. The average Bonchev–Trinajstić information content (AvgIpc) is 3.46. The Kier molecular flexibility index (Phi) is 9.90. The molecule has 47 heavy (non-hydrogen) atoms. The van der Waals surface area contributed by atoms with Crippen LogP contribution >= 0.6 is 0 Å². The Morgan fingerprint density at radius 1 is 0.872 bits per heavy atom. The molecular formula is C38H43N3O6. The number of ether oxygens (including phenoxy) is 1. The van der Waals surface area contributed by atoms with E-state index in [1.165, 1.54) is 4.90 Å². The van der Waals surface area contributed by atoms with Gasteiger partial charge in [-0.2, -0.15) is 0 Å². The number of amides is 3. The molecule has 0 aromatic heterocycles. The number of carbonyl (C=O) groups excluding carboxylic acids is 3. The van der Waals surface area contributed by atoms with Crippen molar-refractivity contribution in [3.63, 3.8) is 0 Å². The summed E-state index contributed by atoms with van der Waals surface area (Å²) in [7, 11) is 0. The van der Waals surface area contributed by atoms with Crippen LogP contribution in [0, 0.1) is 6.92 Å². The van der Waals surface area contributed by atoms with Crippen LogP contribution in [0.1, 0.15) is 66.3 Å². The summed E-state index contributed by atoms with van der Waals surface area (Å²) in [5, 5.41) is 9.69. The second-order valence-corrected chi connectivity index (χ2v) is 13.1. The van der Waals surface area contributed by atoms with Gasteiger partial charge < -0.3 is 19.6 Å². The maximum atomic E-state index is 14.6. The molecule has 0 saturated heterocycles. The van der Waals surface area contributed by atoms with E-state index in [1.807, 2.05) is 73.7 Å². The maximum Gasteiger partial charge on any atom is 0.415 e. The largest absolute Gasteiger partial charge is 0.481 e. The molecule has 0 spiro atoms. The number of carboxylic acids is 1. The summed E-state index contributed by atoms with van der Waals surface area (Å²) in [6.45, 7) is 2.33. The number of rotatable bonds is 9. The van der Waals surface area contributed by atoms with Crippen molar-refractivity contribution >= 4 is 29.6 Å². The lowest BCUT2D eigenvalue weighted by atomic mass is 9.92. The second kappa shape index (κ2) is 14.4. The smallest absolute Gasteiger partial charge is 0.415 e. The average molecular weight is 638 g/mol. The minimum Gasteiger partial charge on any atom is -0.481 e. The number of nitrogens with zero attached hydrogens (tertiary/aromatic N) is 3. The molecule has 1 fully saturated rings. The second-order valence-electron chi connectivity index (χ2n) is 13.1. The fourth-order valence-corrected chi connectivity index (χ4v) is 7.32. The van der Waals surface area contributed by atoms with Crippen molar-refractivity contribution in [1.82, 2.24) is 9.80 Å². The molecule has 0 radical (unpaired) electrons. The molecule has 1 N–H and O–H groups in total. The fourth-order valence-electron chi connectivity index (χ4n) is 7.32. The topological polar surface area (TPSA) is 107 Å². The standard InChI is InChI=1S/C38H43N3O6/c1-26-10-9-11-27(20-26)18-19-39(25-35(42)40-24-30-14-6-5-12-28(30)21-31(40)23-36(43)44)37(45)34-22-29-13-7-8-17-33(29)41(34)38(46)47-32-15-3-2-4-16-32/h5-14,17,20,31-32,34H,2-4,15-16,18-19,21-25H2,1H3,(H,43,44)/t31-,34-/m1/s1. The summed E-state index contributed by atoms with van der Waals surface area (Å²) in [4.78, 5) is 59.0. The Balaban J connectivity index is 1.27. The van der Waals surface area contributed by atoms with Crippen LogP contribution in [0.3, 0.4) is 0 Å². The van der Waals surface area contributed by atoms with Gasteiger partial charge in [0.2, 0.25) is 11.8 Å². The summed E-state index contributed by atoms with van der Waals surface area (Å²) in [6, 6.07) is 21.9. The van der Waals surface area contributed by atoms with Crippen molar-refractivity contribution < 1.29 is 29.0 Å². The third kappa shape index (κ3) is 7.50. The normalized spacial score (nSPS) is 19.1. The third-order valence-corrected chi connectivity index (χ3v) is 9.75. The Bertz CT molecular complexity index is 1630. The Hall–Kier alpha value is -4.66. The number of aliphatic carboxylic acids is 1. The number of fused-ring (bicyclic) bond motifs is 2. The van der Waals surface area contributed by atoms with E-state index in [0.717, 1.165) is 59.9 Å². The molecule has 9 heteroatoms. The predicted molar refractivity (Wildman–Crippen MR) is 178 cm³/mol. The highest BCUT2D eigenvalue weighted by Gasteiger charge is 2.43. The van der Waals surface area contributed by atoms with E-state index in [9.17, 15) is 24.3 Å². The quantitative estimate of drug-likeness (QED) is 0.323. The van der Waals surface area contributed by atoms with Gasteiger partial charge in [-0.15, -0.1) is 0 Å². The van der Waals surface area contributed by atoms with Gasteiger partial charge in [-0.1, -0.05) is 78.7 Å². The molecule has 2 heterocycles. The fraction of sp³-hybridized carbons (Fsp3) is 0.421. The molecule has 1 saturated carbocycles. The minimum absolute atomic E-state index is 0.174. The Morgan fingerprint density at radius 3 is 2.34 bits per heavy atom. The summed E-state index contributed by atoms with van der Waals surface area (Å²) in [5.41, 5.74) is 5.68. The SMILES string of the molecule is Cc1cccc(CCN(CC(=O)N2Cc3ccccc3C[C@@H]2CC(=O)O)C(=O)[C@H]2Cc3ccccc3N2C(=O)OC2CCCCC2)c1. The first-order valence-corrected chi connectivity index (χ1v) is 16.8. The lowest BCUT2D eigenvalue weighted by molar-refractivity contribution is -0.145. The van der Waals surface area contributed by atoms with E-state index < -0.39 is 24.1 Å². The summed E-state index contributed by atoms with van der Waals surface area (Å²) in [6.07, 6.45) is 5.16. The van der Waals surface area contributed by atoms with Crippen LogP contribution in [0.5, 0.6) is 0 Å². The maximum absolute atomic E-state index is 14.6. The monoisotopic (exact) mass is 637 g/mol. The van der Waals surface area contributed by atoms with Gasteiger partial charge in [-0.25, -0.2) is 4.79 Å². The molecule has 6 rings (SSSR count). The van der Waals surface area contributed by atoms with Crippen molar-refractivity contribution in [3.8, 4) is 0 Å². The molecular weight excluding hydrogens is 594 g/mol. The van der Waals surface area contributed by atoms with Crippen LogP contribution in [0.25, 0.3) is 0 Å². The van der Waals surface area contributed by atoms with Crippen molar-refractivity contribution in [1.29, 1.82) is 0 Å². The Morgan fingerprint density at radius 2 is 1.60 bits per heavy atom. The van der Waals surface area contributed by atoms with Crippen LogP contribution in [-0.4, -0.2) is 70.1 Å². The molecule has 3 amide bonds. The van der Waals surface area contributed by atoms with Gasteiger partial charge in [0.25, 0.3) is 0 Å². The van der Waals surface area contributed by atoms with Gasteiger partial charge in [0.15, 0.2) is 0 Å². The number of carboxylic acid groups (broad SMARTS) is 1. The molecule has 2 atom stereocenters. The van der Waals surface area contributed by atoms with Crippen LogP contribution in [-0.2, 0) is 44.9 Å². The molecule has 3 aromatic rings. The first-order valence-electron chi connectivity index (χ1n) is 16.8. The molecule has 1 aliphatic carbocycles. The van der Waals surface area contributed by atoms with E-state index in [0.29, 0.717) is 24.9 Å². The van der Waals surface area contributed by atoms with Gasteiger partial charge >= 0.3 is 12.1 Å². The van der Waals surface area contributed by atoms with Crippen LogP contribution < -0.4 is 4.90 Å². The molecule has 3 aromatic carbocycles. The van der Waals surface area contributed by atoms with E-state index in [4.69, 9.17) is 4.74 Å². The van der Waals surface area contributed by atoms with E-state index in [2.05, 4.69) is 6.07 Å². The first kappa shape index (κ1) is 32.3. The van der Waals surface area contributed by atoms with Crippen LogP contribution in [0.2, 0.25) is 0 Å².